The summed E-state index contributed by atoms with van der Waals surface area (Å²) in [6, 6.07) is 6.39. The van der Waals surface area contributed by atoms with E-state index in [4.69, 9.17) is 9.47 Å². The zero-order valence-electron chi connectivity index (χ0n) is 22.5. The van der Waals surface area contributed by atoms with Crippen molar-refractivity contribution in [1.29, 1.82) is 0 Å². The molecule has 0 bridgehead atoms. The van der Waals surface area contributed by atoms with Crippen LogP contribution in [0.25, 0.3) is 0 Å². The van der Waals surface area contributed by atoms with E-state index in [1.165, 1.54) is 18.9 Å². The Labute approximate surface area is 229 Å². The smallest absolute Gasteiger partial charge is 0.258 e. The first-order chi connectivity index (χ1) is 18.6. The average molecular weight is 557 g/mol. The Kier molecular flexibility index (Phi) is 6.77. The molecule has 210 valence electrons. The molecule has 1 amide bonds. The molecular formula is C27H36N6O5S. The Morgan fingerprint density at radius 3 is 2.51 bits per heavy atom. The molecule has 39 heavy (non-hydrogen) atoms. The second kappa shape index (κ2) is 9.99. The van der Waals surface area contributed by atoms with Gasteiger partial charge in [-0.05, 0) is 69.2 Å². The summed E-state index contributed by atoms with van der Waals surface area (Å²) in [6.07, 6.45) is 6.31. The molecule has 4 aliphatic rings. The van der Waals surface area contributed by atoms with Gasteiger partial charge in [0.1, 0.15) is 5.82 Å². The van der Waals surface area contributed by atoms with Crippen LogP contribution in [0.1, 0.15) is 49.9 Å². The van der Waals surface area contributed by atoms with Gasteiger partial charge in [0.25, 0.3) is 5.91 Å². The number of sulfonamides is 1. The van der Waals surface area contributed by atoms with E-state index in [0.717, 1.165) is 25.9 Å². The predicted molar refractivity (Wildman–Crippen MR) is 147 cm³/mol. The van der Waals surface area contributed by atoms with Crippen LogP contribution in [-0.2, 0) is 19.5 Å². The van der Waals surface area contributed by atoms with Crippen LogP contribution in [0.2, 0.25) is 0 Å². The summed E-state index contributed by atoms with van der Waals surface area (Å²) in [5.41, 5.74) is 0.856. The van der Waals surface area contributed by atoms with Crippen molar-refractivity contribution in [2.24, 2.45) is 5.41 Å². The Morgan fingerprint density at radius 1 is 1.08 bits per heavy atom. The van der Waals surface area contributed by atoms with E-state index in [2.05, 4.69) is 24.9 Å². The van der Waals surface area contributed by atoms with E-state index in [1.54, 1.807) is 24.4 Å². The monoisotopic (exact) mass is 556 g/mol. The highest BCUT2D eigenvalue weighted by Gasteiger charge is 2.45. The highest BCUT2D eigenvalue weighted by molar-refractivity contribution is 7.89. The lowest BCUT2D eigenvalue weighted by Gasteiger charge is -2.38. The number of morpholine rings is 1. The third-order valence-corrected chi connectivity index (χ3v) is 9.91. The molecule has 11 nitrogen and oxygen atoms in total. The van der Waals surface area contributed by atoms with Crippen molar-refractivity contribution in [2.75, 3.05) is 61.1 Å². The lowest BCUT2D eigenvalue weighted by molar-refractivity contribution is -0.0523. The Bertz CT molecular complexity index is 1350. The van der Waals surface area contributed by atoms with Gasteiger partial charge in [0.2, 0.25) is 16.0 Å². The van der Waals surface area contributed by atoms with Crippen LogP contribution in [-0.4, -0.2) is 81.9 Å². The second-order valence-electron chi connectivity index (χ2n) is 11.6. The molecule has 3 aliphatic heterocycles. The topological polar surface area (TPSA) is 126 Å². The van der Waals surface area contributed by atoms with Crippen molar-refractivity contribution in [3.8, 4) is 0 Å². The van der Waals surface area contributed by atoms with Gasteiger partial charge in [0, 0.05) is 32.4 Å². The average Bonchev–Trinajstić information content (AvgIpc) is 3.66. The van der Waals surface area contributed by atoms with Gasteiger partial charge in [0.15, 0.2) is 0 Å². The zero-order chi connectivity index (χ0) is 27.3. The molecule has 4 heterocycles. The molecule has 2 aromatic rings. The van der Waals surface area contributed by atoms with Gasteiger partial charge in [-0.3, -0.25) is 4.79 Å². The fourth-order valence-corrected chi connectivity index (χ4v) is 7.03. The number of carbonyl (C=O) groups is 1. The van der Waals surface area contributed by atoms with Crippen molar-refractivity contribution in [1.82, 2.24) is 14.7 Å². The maximum absolute atomic E-state index is 13.6. The fraction of sp³-hybridized carbons (Fsp3) is 0.593. The molecule has 1 saturated carbocycles. The van der Waals surface area contributed by atoms with E-state index < -0.39 is 15.6 Å². The number of hydrogen-bond acceptors (Lipinski definition) is 9. The van der Waals surface area contributed by atoms with Crippen LogP contribution in [0.5, 0.6) is 0 Å². The molecule has 6 rings (SSSR count). The number of carbonyl (C=O) groups excluding carboxylic acids is 1. The summed E-state index contributed by atoms with van der Waals surface area (Å²) in [5, 5.41) is 2.92. The summed E-state index contributed by atoms with van der Waals surface area (Å²) < 4.78 is 40.1. The lowest BCUT2D eigenvalue weighted by Crippen LogP contribution is -2.59. The molecule has 1 unspecified atom stereocenters. The normalized spacial score (nSPS) is 23.8. The van der Waals surface area contributed by atoms with E-state index >= 15 is 0 Å². The number of ether oxygens (including phenoxy) is 2. The molecule has 2 N–H and O–H groups in total. The molecule has 4 fully saturated rings. The number of benzene rings is 1. The number of nitrogens with zero attached hydrogens (tertiary/aromatic N) is 4. The van der Waals surface area contributed by atoms with Gasteiger partial charge in [-0.1, -0.05) is 0 Å². The zero-order valence-corrected chi connectivity index (χ0v) is 23.3. The quantitative estimate of drug-likeness (QED) is 0.529. The maximum atomic E-state index is 13.6. The lowest BCUT2D eigenvalue weighted by atomic mass is 9.93. The first-order valence-corrected chi connectivity index (χ1v) is 15.1. The summed E-state index contributed by atoms with van der Waals surface area (Å²) in [6.45, 7) is 8.01. The third kappa shape index (κ3) is 5.60. The Morgan fingerprint density at radius 2 is 1.85 bits per heavy atom. The first kappa shape index (κ1) is 26.4. The number of rotatable bonds is 7. The minimum atomic E-state index is -3.80. The highest BCUT2D eigenvalue weighted by atomic mass is 32.2. The molecule has 12 heteroatoms. The largest absolute Gasteiger partial charge is 0.377 e. The molecule has 1 spiro atoms. The first-order valence-electron chi connectivity index (χ1n) is 13.7. The Hall–Kier alpha value is -2.80. The van der Waals surface area contributed by atoms with Gasteiger partial charge in [0.05, 0.1) is 47.6 Å². The number of aromatic nitrogens is 2. The SMILES string of the molecule is CC1CN(c2nccc(NC(=O)c3ccc(S(=O)(=O)NC4(C)COC4)cc3N3CCC4(CC3)CC4)n2)CCO1. The van der Waals surface area contributed by atoms with E-state index in [0.29, 0.717) is 61.3 Å². The van der Waals surface area contributed by atoms with Crippen LogP contribution in [0.15, 0.2) is 35.4 Å². The maximum Gasteiger partial charge on any atom is 0.258 e. The van der Waals surface area contributed by atoms with Crippen molar-refractivity contribution in [2.45, 2.75) is 56.1 Å². The van der Waals surface area contributed by atoms with Crippen LogP contribution >= 0.6 is 0 Å². The van der Waals surface area contributed by atoms with Crippen molar-refractivity contribution in [3.63, 3.8) is 0 Å². The summed E-state index contributed by atoms with van der Waals surface area (Å²) in [5.74, 6) is 0.588. The number of nitrogens with one attached hydrogen (secondary N) is 2. The van der Waals surface area contributed by atoms with Crippen molar-refractivity contribution >= 4 is 33.4 Å². The highest BCUT2D eigenvalue weighted by Crippen LogP contribution is 2.54. The van der Waals surface area contributed by atoms with Gasteiger partial charge < -0.3 is 24.6 Å². The van der Waals surface area contributed by atoms with Gasteiger partial charge in [-0.25, -0.2) is 18.1 Å². The van der Waals surface area contributed by atoms with Crippen molar-refractivity contribution in [3.05, 3.63) is 36.0 Å². The Balaban J connectivity index is 1.26. The third-order valence-electron chi connectivity index (χ3n) is 8.28. The summed E-state index contributed by atoms with van der Waals surface area (Å²) in [4.78, 5) is 26.9. The summed E-state index contributed by atoms with van der Waals surface area (Å²) in [7, 11) is -3.80. The van der Waals surface area contributed by atoms with Gasteiger partial charge >= 0.3 is 0 Å². The minimum Gasteiger partial charge on any atom is -0.377 e. The van der Waals surface area contributed by atoms with Crippen molar-refractivity contribution < 1.29 is 22.7 Å². The second-order valence-corrected chi connectivity index (χ2v) is 13.3. The van der Waals surface area contributed by atoms with E-state index in [-0.39, 0.29) is 16.9 Å². The van der Waals surface area contributed by atoms with Gasteiger partial charge in [-0.2, -0.15) is 4.98 Å². The molecular weight excluding hydrogens is 520 g/mol. The van der Waals surface area contributed by atoms with Crippen LogP contribution in [0.3, 0.4) is 0 Å². The van der Waals surface area contributed by atoms with Crippen LogP contribution in [0.4, 0.5) is 17.5 Å². The molecule has 0 radical (unpaired) electrons. The van der Waals surface area contributed by atoms with Gasteiger partial charge in [-0.15, -0.1) is 0 Å². The van der Waals surface area contributed by atoms with Crippen LogP contribution < -0.4 is 19.8 Å². The fourth-order valence-electron chi connectivity index (χ4n) is 5.64. The predicted octanol–water partition coefficient (Wildman–Crippen LogP) is 2.40. The number of amides is 1. The summed E-state index contributed by atoms with van der Waals surface area (Å²) >= 11 is 0. The number of anilines is 3. The minimum absolute atomic E-state index is 0.0752. The van der Waals surface area contributed by atoms with E-state index in [1.807, 2.05) is 18.7 Å². The molecule has 1 aromatic carbocycles. The molecule has 1 atom stereocenters. The van der Waals surface area contributed by atoms with E-state index in [9.17, 15) is 13.2 Å². The molecule has 1 aromatic heterocycles. The standard InChI is InChI=1S/C27H36N6O5S/c1-19-16-33(13-14-38-19)25-28-10-5-23(30-25)29-24(34)21-4-3-20(39(35,36)31-26(2)17-37-18-26)15-22(21)32-11-8-27(6-7-27)9-12-32/h3-5,10,15,19,31H,6-9,11-14,16-18H2,1-2H3,(H,28,29,30,34). The molecule has 1 aliphatic carbocycles. The van der Waals surface area contributed by atoms with Crippen LogP contribution in [0, 0.1) is 5.41 Å². The molecule has 3 saturated heterocycles. The number of hydrogen-bond donors (Lipinski definition) is 2. The number of piperidine rings is 1.